The molecule has 112 valence electrons. The van der Waals surface area contributed by atoms with Crippen LogP contribution in [0.2, 0.25) is 0 Å². The van der Waals surface area contributed by atoms with Crippen LogP contribution in [0.1, 0.15) is 19.3 Å². The highest BCUT2D eigenvalue weighted by atomic mass is 35.5. The minimum absolute atomic E-state index is 0. The number of hydrogen-bond acceptors (Lipinski definition) is 3. The Morgan fingerprint density at radius 1 is 1.55 bits per heavy atom. The Morgan fingerprint density at radius 3 is 3.00 bits per heavy atom. The van der Waals surface area contributed by atoms with Crippen molar-refractivity contribution >= 4 is 24.0 Å². The van der Waals surface area contributed by atoms with Gasteiger partial charge in [-0.05, 0) is 44.0 Å². The maximum atomic E-state index is 13.0. The van der Waals surface area contributed by atoms with Gasteiger partial charge in [-0.2, -0.15) is 0 Å². The van der Waals surface area contributed by atoms with Gasteiger partial charge in [0.15, 0.2) is 0 Å². The zero-order chi connectivity index (χ0) is 13.7. The van der Waals surface area contributed by atoms with Crippen molar-refractivity contribution in [3.05, 3.63) is 24.0 Å². The van der Waals surface area contributed by atoms with Crippen LogP contribution in [0.25, 0.3) is 0 Å². The Morgan fingerprint density at radius 2 is 2.35 bits per heavy atom. The Bertz CT molecular complexity index is 451. The molecule has 1 aromatic rings. The molecule has 6 heteroatoms. The van der Waals surface area contributed by atoms with Gasteiger partial charge in [0, 0.05) is 12.5 Å². The number of methoxy groups -OCH3 is 1. The highest BCUT2D eigenvalue weighted by Gasteiger charge is 2.16. The fourth-order valence-electron chi connectivity index (χ4n) is 2.28. The van der Waals surface area contributed by atoms with Crippen LogP contribution < -0.4 is 15.4 Å². The van der Waals surface area contributed by atoms with Crippen LogP contribution in [0.3, 0.4) is 0 Å². The molecule has 20 heavy (non-hydrogen) atoms. The Hall–Kier alpha value is -1.33. The average molecular weight is 303 g/mol. The maximum Gasteiger partial charge on any atom is 0.224 e. The van der Waals surface area contributed by atoms with Gasteiger partial charge in [-0.15, -0.1) is 12.4 Å². The predicted molar refractivity (Wildman–Crippen MR) is 79.0 cm³/mol. The third-order valence-corrected chi connectivity index (χ3v) is 3.38. The first-order chi connectivity index (χ1) is 9.19. The van der Waals surface area contributed by atoms with E-state index in [-0.39, 0.29) is 24.1 Å². The summed E-state index contributed by atoms with van der Waals surface area (Å²) >= 11 is 0. The van der Waals surface area contributed by atoms with E-state index in [4.69, 9.17) is 4.74 Å². The summed E-state index contributed by atoms with van der Waals surface area (Å²) in [5, 5.41) is 6.04. The van der Waals surface area contributed by atoms with Crippen LogP contribution in [0.5, 0.6) is 5.75 Å². The number of amides is 1. The molecule has 1 fully saturated rings. The lowest BCUT2D eigenvalue weighted by Crippen LogP contribution is -2.15. The monoisotopic (exact) mass is 302 g/mol. The van der Waals surface area contributed by atoms with E-state index in [0.29, 0.717) is 23.8 Å². The van der Waals surface area contributed by atoms with E-state index < -0.39 is 0 Å². The summed E-state index contributed by atoms with van der Waals surface area (Å²) in [6.07, 6.45) is 2.49. The second-order valence-corrected chi connectivity index (χ2v) is 4.79. The van der Waals surface area contributed by atoms with Crippen molar-refractivity contribution in [2.75, 3.05) is 25.5 Å². The summed E-state index contributed by atoms with van der Waals surface area (Å²) in [6, 6.07) is 4.08. The number of rotatable bonds is 5. The molecule has 0 radical (unpaired) electrons. The van der Waals surface area contributed by atoms with Crippen molar-refractivity contribution in [3.8, 4) is 5.75 Å². The van der Waals surface area contributed by atoms with E-state index in [2.05, 4.69) is 10.6 Å². The van der Waals surface area contributed by atoms with Gasteiger partial charge in [0.25, 0.3) is 0 Å². The largest absolute Gasteiger partial charge is 0.494 e. The zero-order valence-electron chi connectivity index (χ0n) is 11.4. The second kappa shape index (κ2) is 8.07. The molecule has 1 atom stereocenters. The van der Waals surface area contributed by atoms with Crippen LogP contribution in [0.15, 0.2) is 18.2 Å². The summed E-state index contributed by atoms with van der Waals surface area (Å²) in [6.45, 7) is 2.03. The van der Waals surface area contributed by atoms with E-state index in [1.54, 1.807) is 0 Å². The van der Waals surface area contributed by atoms with Gasteiger partial charge in [-0.25, -0.2) is 4.39 Å². The molecule has 1 aliphatic heterocycles. The molecule has 1 unspecified atom stereocenters. The molecule has 4 nitrogen and oxygen atoms in total. The zero-order valence-corrected chi connectivity index (χ0v) is 12.3. The molecule has 0 spiro atoms. The van der Waals surface area contributed by atoms with Gasteiger partial charge in [0.05, 0.1) is 12.8 Å². The van der Waals surface area contributed by atoms with E-state index in [0.717, 1.165) is 25.9 Å². The van der Waals surface area contributed by atoms with Gasteiger partial charge < -0.3 is 15.4 Å². The summed E-state index contributed by atoms with van der Waals surface area (Å²) in [4.78, 5) is 11.8. The highest BCUT2D eigenvalue weighted by Crippen LogP contribution is 2.25. The van der Waals surface area contributed by atoms with Crippen LogP contribution in [0.4, 0.5) is 10.1 Å². The smallest absolute Gasteiger partial charge is 0.224 e. The average Bonchev–Trinajstić information content (AvgIpc) is 2.91. The molecule has 1 heterocycles. The first-order valence-corrected chi connectivity index (χ1v) is 6.53. The number of benzene rings is 1. The summed E-state index contributed by atoms with van der Waals surface area (Å²) in [5.41, 5.74) is 0.512. The Labute approximate surface area is 124 Å². The summed E-state index contributed by atoms with van der Waals surface area (Å²) in [5.74, 6) is 0.487. The quantitative estimate of drug-likeness (QED) is 0.879. The molecule has 1 saturated heterocycles. The van der Waals surface area contributed by atoms with E-state index in [1.165, 1.54) is 25.3 Å². The lowest BCUT2D eigenvalue weighted by atomic mass is 10.0. The normalized spacial score (nSPS) is 17.4. The molecule has 0 saturated carbocycles. The van der Waals surface area contributed by atoms with E-state index >= 15 is 0 Å². The van der Waals surface area contributed by atoms with Crippen molar-refractivity contribution in [2.45, 2.75) is 19.3 Å². The van der Waals surface area contributed by atoms with Crippen LogP contribution >= 0.6 is 12.4 Å². The molecule has 2 N–H and O–H groups in total. The molecule has 2 rings (SSSR count). The third-order valence-electron chi connectivity index (χ3n) is 3.38. The van der Waals surface area contributed by atoms with Gasteiger partial charge in [0.1, 0.15) is 11.6 Å². The molecular formula is C14H20ClFN2O2. The lowest BCUT2D eigenvalue weighted by Gasteiger charge is -2.11. The molecule has 0 bridgehead atoms. The van der Waals surface area contributed by atoms with Crippen LogP contribution in [-0.4, -0.2) is 26.1 Å². The van der Waals surface area contributed by atoms with E-state index in [9.17, 15) is 9.18 Å². The Balaban J connectivity index is 0.00000200. The fraction of sp³-hybridized carbons (Fsp3) is 0.500. The van der Waals surface area contributed by atoms with E-state index in [1.807, 2.05) is 0 Å². The second-order valence-electron chi connectivity index (χ2n) is 4.79. The van der Waals surface area contributed by atoms with Gasteiger partial charge in [-0.1, -0.05) is 0 Å². The summed E-state index contributed by atoms with van der Waals surface area (Å²) in [7, 11) is 1.45. The number of anilines is 1. The van der Waals surface area contributed by atoms with Gasteiger partial charge in [0.2, 0.25) is 5.91 Å². The number of ether oxygens (including phenoxy) is 1. The first-order valence-electron chi connectivity index (χ1n) is 6.53. The number of nitrogens with one attached hydrogen (secondary N) is 2. The standard InChI is InChI=1S/C14H19FN2O2.ClH/c1-19-13-8-11(15)3-4-12(13)17-14(18)5-2-10-6-7-16-9-10;/h3-4,8,10,16H,2,5-7,9H2,1H3,(H,17,18);1H. The molecule has 1 aliphatic rings. The minimum Gasteiger partial charge on any atom is -0.494 e. The van der Waals surface area contributed by atoms with Crippen molar-refractivity contribution in [1.82, 2.24) is 5.32 Å². The number of halogens is 2. The fourth-order valence-corrected chi connectivity index (χ4v) is 2.28. The number of carbonyl (C=O) groups is 1. The minimum atomic E-state index is -0.383. The van der Waals surface area contributed by atoms with Gasteiger partial charge in [-0.3, -0.25) is 4.79 Å². The molecule has 0 aliphatic carbocycles. The molecule has 0 aromatic heterocycles. The molecular weight excluding hydrogens is 283 g/mol. The topological polar surface area (TPSA) is 50.4 Å². The van der Waals surface area contributed by atoms with Crippen molar-refractivity contribution in [1.29, 1.82) is 0 Å². The predicted octanol–water partition coefficient (Wildman–Crippen LogP) is 2.58. The van der Waals surface area contributed by atoms with Crippen LogP contribution in [-0.2, 0) is 4.79 Å². The summed E-state index contributed by atoms with van der Waals surface area (Å²) < 4.78 is 18.1. The Kier molecular flexibility index (Phi) is 6.75. The van der Waals surface area contributed by atoms with Crippen LogP contribution in [0, 0.1) is 11.7 Å². The maximum absolute atomic E-state index is 13.0. The number of carbonyl (C=O) groups excluding carboxylic acids is 1. The van der Waals surface area contributed by atoms with Crippen molar-refractivity contribution in [3.63, 3.8) is 0 Å². The lowest BCUT2D eigenvalue weighted by molar-refractivity contribution is -0.116. The third kappa shape index (κ3) is 4.65. The first kappa shape index (κ1) is 16.7. The van der Waals surface area contributed by atoms with Crippen molar-refractivity contribution < 1.29 is 13.9 Å². The molecule has 1 amide bonds. The van der Waals surface area contributed by atoms with Gasteiger partial charge >= 0.3 is 0 Å². The SMILES string of the molecule is COc1cc(F)ccc1NC(=O)CCC1CCNC1.Cl. The molecule has 1 aromatic carbocycles. The highest BCUT2D eigenvalue weighted by molar-refractivity contribution is 5.92. The van der Waals surface area contributed by atoms with Crippen molar-refractivity contribution in [2.24, 2.45) is 5.92 Å². The number of hydrogen-bond donors (Lipinski definition) is 2.